The van der Waals surface area contributed by atoms with Crippen LogP contribution in [0.2, 0.25) is 0 Å². The Bertz CT molecular complexity index is 1400. The summed E-state index contributed by atoms with van der Waals surface area (Å²) in [6.07, 6.45) is 7.35. The quantitative estimate of drug-likeness (QED) is 0.556. The standard InChI is InChI=1S/C31H36N4O4/c1-4-31-13-6-5-7-19-8-10-23-21(15-19)24(18-39-30(23,2)3)33-28(37)20-9-11-26-22(16-20)25(12-14-38-26)35(27(36)17-31)29(32)34-31/h5,7-11,15-16,24-25H,4,6,12-14,17-18H2,1-3H3,(H2,32,34)(H,33,37)/b7-5-/t24-,25+,31+/m0/s1. The van der Waals surface area contributed by atoms with Crippen LogP contribution in [-0.4, -0.2) is 41.4 Å². The molecular formula is C31H36N4O4. The number of ether oxygens (including phenoxy) is 2. The summed E-state index contributed by atoms with van der Waals surface area (Å²) in [5.74, 6) is 0.658. The maximum absolute atomic E-state index is 13.6. The number of hydrogen-bond donors (Lipinski definition) is 2. The van der Waals surface area contributed by atoms with E-state index in [2.05, 4.69) is 56.4 Å². The molecule has 5 aliphatic heterocycles. The molecule has 0 radical (unpaired) electrons. The Morgan fingerprint density at radius 3 is 2.79 bits per heavy atom. The first-order chi connectivity index (χ1) is 18.7. The van der Waals surface area contributed by atoms with E-state index in [9.17, 15) is 9.59 Å². The Labute approximate surface area is 229 Å². The Morgan fingerprint density at radius 1 is 1.15 bits per heavy atom. The minimum atomic E-state index is -0.522. The Hall–Kier alpha value is -3.65. The monoisotopic (exact) mass is 528 g/mol. The number of nitrogens with two attached hydrogens (primary N) is 1. The molecule has 7 rings (SSSR count). The Morgan fingerprint density at radius 2 is 2.00 bits per heavy atom. The average Bonchev–Trinajstić information content (AvgIpc) is 2.91. The molecule has 2 aromatic carbocycles. The molecule has 0 unspecified atom stereocenters. The van der Waals surface area contributed by atoms with Crippen LogP contribution >= 0.6 is 0 Å². The van der Waals surface area contributed by atoms with Crippen molar-refractivity contribution in [3.63, 3.8) is 0 Å². The van der Waals surface area contributed by atoms with Crippen LogP contribution in [0.1, 0.15) is 97.6 Å². The summed E-state index contributed by atoms with van der Waals surface area (Å²) in [4.78, 5) is 33.7. The van der Waals surface area contributed by atoms with Gasteiger partial charge in [0.25, 0.3) is 5.91 Å². The Kier molecular flexibility index (Phi) is 6.25. The zero-order valence-corrected chi connectivity index (χ0v) is 22.8. The third kappa shape index (κ3) is 4.50. The highest BCUT2D eigenvalue weighted by atomic mass is 16.5. The van der Waals surface area contributed by atoms with Gasteiger partial charge >= 0.3 is 0 Å². The molecule has 0 saturated heterocycles. The maximum Gasteiger partial charge on any atom is 0.251 e. The van der Waals surface area contributed by atoms with Crippen LogP contribution in [0.3, 0.4) is 0 Å². The highest BCUT2D eigenvalue weighted by Gasteiger charge is 2.42. The number of rotatable bonds is 1. The lowest BCUT2D eigenvalue weighted by Gasteiger charge is -2.42. The predicted octanol–water partition coefficient (Wildman–Crippen LogP) is 4.75. The molecule has 8 heteroatoms. The third-order valence-electron chi connectivity index (χ3n) is 8.70. The van der Waals surface area contributed by atoms with Gasteiger partial charge in [0.15, 0.2) is 5.96 Å². The molecule has 6 bridgehead atoms. The van der Waals surface area contributed by atoms with Crippen LogP contribution in [0.15, 0.2) is 47.5 Å². The normalized spacial score (nSPS) is 28.5. The molecule has 0 aliphatic carbocycles. The van der Waals surface area contributed by atoms with Gasteiger partial charge in [0, 0.05) is 17.5 Å². The predicted molar refractivity (Wildman–Crippen MR) is 149 cm³/mol. The molecule has 5 aliphatic rings. The number of fused-ring (bicyclic) bond motifs is 4. The molecular weight excluding hydrogens is 492 g/mol. The van der Waals surface area contributed by atoms with Crippen LogP contribution in [0.25, 0.3) is 6.08 Å². The first-order valence-electron chi connectivity index (χ1n) is 13.9. The Balaban J connectivity index is 1.47. The van der Waals surface area contributed by atoms with Crippen molar-refractivity contribution in [3.05, 3.63) is 70.3 Å². The molecule has 0 spiro atoms. The fourth-order valence-corrected chi connectivity index (χ4v) is 6.39. The van der Waals surface area contributed by atoms with Gasteiger partial charge in [0.2, 0.25) is 5.91 Å². The van der Waals surface area contributed by atoms with Crippen molar-refractivity contribution < 1.29 is 19.1 Å². The molecule has 3 N–H and O–H groups in total. The van der Waals surface area contributed by atoms with Crippen molar-refractivity contribution in [3.8, 4) is 5.75 Å². The first kappa shape index (κ1) is 25.6. The van der Waals surface area contributed by atoms with Crippen molar-refractivity contribution >= 4 is 23.8 Å². The number of benzene rings is 2. The van der Waals surface area contributed by atoms with Gasteiger partial charge in [0.05, 0.1) is 42.9 Å². The van der Waals surface area contributed by atoms with Gasteiger partial charge in [0.1, 0.15) is 5.75 Å². The highest BCUT2D eigenvalue weighted by Crippen LogP contribution is 2.41. The van der Waals surface area contributed by atoms with E-state index in [1.54, 1.807) is 11.0 Å². The number of amides is 2. The molecule has 0 fully saturated rings. The summed E-state index contributed by atoms with van der Waals surface area (Å²) in [7, 11) is 0. The lowest BCUT2D eigenvalue weighted by molar-refractivity contribution is -0.132. The summed E-state index contributed by atoms with van der Waals surface area (Å²) in [6.45, 7) is 7.02. The summed E-state index contributed by atoms with van der Waals surface area (Å²) in [5, 5.41) is 3.19. The van der Waals surface area contributed by atoms with E-state index in [1.807, 2.05) is 12.1 Å². The lowest BCUT2D eigenvalue weighted by Crippen LogP contribution is -2.53. The van der Waals surface area contributed by atoms with Crippen LogP contribution in [0.4, 0.5) is 0 Å². The SMILES string of the molecule is CC[C@@]12CC/C=C\c3ccc4c(c3)[C@H](COC4(C)C)NC(=O)c3ccc4c(c3)[C@@H](CCO4)N(C(=O)C1)C(N)=N2. The van der Waals surface area contributed by atoms with Crippen molar-refractivity contribution in [2.75, 3.05) is 13.2 Å². The molecule has 0 aromatic heterocycles. The van der Waals surface area contributed by atoms with E-state index in [0.717, 1.165) is 41.5 Å². The molecule has 2 amide bonds. The maximum atomic E-state index is 13.6. The number of nitrogens with zero attached hydrogens (tertiary/aromatic N) is 2. The second-order valence-electron chi connectivity index (χ2n) is 11.5. The van der Waals surface area contributed by atoms with Crippen molar-refractivity contribution in [2.24, 2.45) is 10.7 Å². The topological polar surface area (TPSA) is 106 Å². The summed E-state index contributed by atoms with van der Waals surface area (Å²) >= 11 is 0. The van der Waals surface area contributed by atoms with Crippen molar-refractivity contribution in [2.45, 2.75) is 76.1 Å². The number of carbonyl (C=O) groups excluding carboxylic acids is 2. The van der Waals surface area contributed by atoms with Crippen LogP contribution in [0.5, 0.6) is 5.75 Å². The van der Waals surface area contributed by atoms with Gasteiger partial charge < -0.3 is 20.5 Å². The van der Waals surface area contributed by atoms with Gasteiger partial charge in [-0.1, -0.05) is 31.2 Å². The van der Waals surface area contributed by atoms with Crippen molar-refractivity contribution in [1.82, 2.24) is 10.2 Å². The molecule has 5 heterocycles. The molecule has 8 nitrogen and oxygen atoms in total. The largest absolute Gasteiger partial charge is 0.493 e. The second kappa shape index (κ2) is 9.52. The molecule has 2 aromatic rings. The number of carbonyl (C=O) groups is 2. The van der Waals surface area contributed by atoms with Gasteiger partial charge in [-0.05, 0) is 74.1 Å². The number of guanidine groups is 1. The van der Waals surface area contributed by atoms with E-state index in [0.29, 0.717) is 37.4 Å². The summed E-state index contributed by atoms with van der Waals surface area (Å²) in [5.41, 5.74) is 10.0. The number of hydrogen-bond acceptors (Lipinski definition) is 6. The zero-order valence-electron chi connectivity index (χ0n) is 22.8. The molecule has 204 valence electrons. The van der Waals surface area contributed by atoms with Crippen LogP contribution in [-0.2, 0) is 15.1 Å². The number of nitrogens with one attached hydrogen (secondary N) is 1. The van der Waals surface area contributed by atoms with E-state index in [-0.39, 0.29) is 29.9 Å². The van der Waals surface area contributed by atoms with Gasteiger partial charge in [-0.2, -0.15) is 0 Å². The van der Waals surface area contributed by atoms with Crippen LogP contribution in [0, 0.1) is 0 Å². The highest BCUT2D eigenvalue weighted by molar-refractivity contribution is 6.00. The smallest absolute Gasteiger partial charge is 0.251 e. The van der Waals surface area contributed by atoms with E-state index in [4.69, 9.17) is 20.2 Å². The summed E-state index contributed by atoms with van der Waals surface area (Å²) < 4.78 is 12.1. The summed E-state index contributed by atoms with van der Waals surface area (Å²) in [6, 6.07) is 11.1. The van der Waals surface area contributed by atoms with Crippen LogP contribution < -0.4 is 15.8 Å². The van der Waals surface area contributed by atoms with Gasteiger partial charge in [-0.15, -0.1) is 0 Å². The average molecular weight is 529 g/mol. The fraction of sp³-hybridized carbons (Fsp3) is 0.452. The van der Waals surface area contributed by atoms with Gasteiger partial charge in [-0.25, -0.2) is 4.99 Å². The minimum absolute atomic E-state index is 0.0376. The third-order valence-corrected chi connectivity index (χ3v) is 8.70. The molecule has 39 heavy (non-hydrogen) atoms. The van der Waals surface area contributed by atoms with E-state index in [1.165, 1.54) is 0 Å². The first-order valence-corrected chi connectivity index (χ1v) is 13.9. The molecule has 3 atom stereocenters. The zero-order chi connectivity index (χ0) is 27.4. The van der Waals surface area contributed by atoms with Gasteiger partial charge in [-0.3, -0.25) is 14.5 Å². The number of allylic oxidation sites excluding steroid dienone is 1. The minimum Gasteiger partial charge on any atom is -0.493 e. The molecule has 0 saturated carbocycles. The lowest BCUT2D eigenvalue weighted by atomic mass is 9.84. The van der Waals surface area contributed by atoms with E-state index < -0.39 is 11.1 Å². The number of aliphatic imine (C=N–C) groups is 1. The second-order valence-corrected chi connectivity index (χ2v) is 11.5. The van der Waals surface area contributed by atoms with E-state index >= 15 is 0 Å². The van der Waals surface area contributed by atoms with Crippen molar-refractivity contribution in [1.29, 1.82) is 0 Å². The fourth-order valence-electron chi connectivity index (χ4n) is 6.39.